The van der Waals surface area contributed by atoms with Gasteiger partial charge >= 0.3 is 0 Å². The summed E-state index contributed by atoms with van der Waals surface area (Å²) in [6, 6.07) is 2.08. The van der Waals surface area contributed by atoms with E-state index in [2.05, 4.69) is 28.4 Å². The van der Waals surface area contributed by atoms with Crippen molar-refractivity contribution in [3.8, 4) is 12.3 Å². The number of hydrogen-bond donors (Lipinski definition) is 1. The van der Waals surface area contributed by atoms with Crippen LogP contribution >= 0.6 is 0 Å². The first kappa shape index (κ1) is 10.6. The molecule has 3 rings (SSSR count). The Bertz CT molecular complexity index is 496. The molecule has 86 valence electrons. The van der Waals surface area contributed by atoms with Gasteiger partial charge in [0.15, 0.2) is 0 Å². The first-order valence-corrected chi connectivity index (χ1v) is 6.21. The molecule has 1 aliphatic carbocycles. The molecule has 2 atom stereocenters. The van der Waals surface area contributed by atoms with Crippen molar-refractivity contribution < 1.29 is 0 Å². The summed E-state index contributed by atoms with van der Waals surface area (Å²) in [5, 5.41) is 3.48. The fourth-order valence-corrected chi connectivity index (χ4v) is 3.00. The predicted octanol–water partition coefficient (Wildman–Crippen LogP) is 2.08. The number of allylic oxidation sites excluding steroid dienone is 1. The molecule has 0 bridgehead atoms. The maximum atomic E-state index is 5.43. The standard InChI is InChI=1S/C15H16N2/c1-2-11-7-13(9-17-8-11)14-4-3-12-5-6-16-10-15(12)14/h1,4,7-9,12,15-16H,3,5-6,10H2/t12-,15+/m0/s1. The smallest absolute Gasteiger partial charge is 0.0432 e. The molecular weight excluding hydrogens is 208 g/mol. The molecule has 0 saturated carbocycles. The lowest BCUT2D eigenvalue weighted by molar-refractivity contribution is 0.328. The van der Waals surface area contributed by atoms with Crippen LogP contribution in [0.3, 0.4) is 0 Å². The van der Waals surface area contributed by atoms with Crippen molar-refractivity contribution in [3.05, 3.63) is 35.7 Å². The van der Waals surface area contributed by atoms with Crippen LogP contribution in [0.15, 0.2) is 24.5 Å². The third kappa shape index (κ3) is 1.87. The van der Waals surface area contributed by atoms with Gasteiger partial charge in [-0.05, 0) is 48.4 Å². The zero-order valence-electron chi connectivity index (χ0n) is 9.82. The Morgan fingerprint density at radius 1 is 1.41 bits per heavy atom. The minimum absolute atomic E-state index is 0.651. The molecule has 1 saturated heterocycles. The minimum atomic E-state index is 0.651. The number of aromatic nitrogens is 1. The molecule has 1 fully saturated rings. The van der Waals surface area contributed by atoms with Gasteiger partial charge in [0.1, 0.15) is 0 Å². The Hall–Kier alpha value is -1.59. The molecule has 0 spiro atoms. The van der Waals surface area contributed by atoms with Gasteiger partial charge in [-0.15, -0.1) is 6.42 Å². The van der Waals surface area contributed by atoms with Crippen LogP contribution in [0, 0.1) is 24.2 Å². The van der Waals surface area contributed by atoms with Crippen molar-refractivity contribution in [2.45, 2.75) is 12.8 Å². The molecule has 0 aromatic carbocycles. The molecule has 0 amide bonds. The summed E-state index contributed by atoms with van der Waals surface area (Å²) in [6.45, 7) is 2.25. The van der Waals surface area contributed by atoms with Crippen LogP contribution in [0.2, 0.25) is 0 Å². The van der Waals surface area contributed by atoms with Crippen molar-refractivity contribution in [1.82, 2.24) is 10.3 Å². The first-order chi connectivity index (χ1) is 8.38. The van der Waals surface area contributed by atoms with Crippen molar-refractivity contribution in [3.63, 3.8) is 0 Å². The lowest BCUT2D eigenvalue weighted by atomic mass is 9.84. The molecule has 2 heteroatoms. The Labute approximate surface area is 102 Å². The average molecular weight is 224 g/mol. The Morgan fingerprint density at radius 2 is 2.35 bits per heavy atom. The summed E-state index contributed by atoms with van der Waals surface area (Å²) in [5.74, 6) is 4.13. The summed E-state index contributed by atoms with van der Waals surface area (Å²) in [5.41, 5.74) is 3.51. The third-order valence-electron chi connectivity index (χ3n) is 3.90. The van der Waals surface area contributed by atoms with Gasteiger partial charge in [0.05, 0.1) is 0 Å². The minimum Gasteiger partial charge on any atom is -0.316 e. The molecule has 2 aliphatic rings. The second kappa shape index (κ2) is 4.35. The lowest BCUT2D eigenvalue weighted by Gasteiger charge is -2.28. The van der Waals surface area contributed by atoms with Gasteiger partial charge in [-0.25, -0.2) is 0 Å². The van der Waals surface area contributed by atoms with Crippen molar-refractivity contribution in [2.24, 2.45) is 11.8 Å². The summed E-state index contributed by atoms with van der Waals surface area (Å²) in [7, 11) is 0. The van der Waals surface area contributed by atoms with Crippen LogP contribution in [0.4, 0.5) is 0 Å². The van der Waals surface area contributed by atoms with E-state index in [1.807, 2.05) is 6.20 Å². The summed E-state index contributed by atoms with van der Waals surface area (Å²) in [4.78, 5) is 4.23. The van der Waals surface area contributed by atoms with E-state index in [-0.39, 0.29) is 0 Å². The number of terminal acetylenes is 1. The monoisotopic (exact) mass is 224 g/mol. The third-order valence-corrected chi connectivity index (χ3v) is 3.90. The molecule has 0 radical (unpaired) electrons. The zero-order valence-corrected chi connectivity index (χ0v) is 9.82. The molecule has 2 heterocycles. The van der Waals surface area contributed by atoms with Gasteiger partial charge in [-0.2, -0.15) is 0 Å². The number of nitrogens with one attached hydrogen (secondary N) is 1. The molecular formula is C15H16N2. The molecule has 1 aromatic rings. The van der Waals surface area contributed by atoms with E-state index in [1.165, 1.54) is 24.0 Å². The van der Waals surface area contributed by atoms with Gasteiger partial charge in [0.25, 0.3) is 0 Å². The highest BCUT2D eigenvalue weighted by atomic mass is 14.9. The number of piperidine rings is 1. The largest absolute Gasteiger partial charge is 0.316 e. The highest BCUT2D eigenvalue weighted by molar-refractivity contribution is 5.70. The highest BCUT2D eigenvalue weighted by Gasteiger charge is 2.32. The van der Waals surface area contributed by atoms with Crippen molar-refractivity contribution in [1.29, 1.82) is 0 Å². The van der Waals surface area contributed by atoms with E-state index in [9.17, 15) is 0 Å². The number of fused-ring (bicyclic) bond motifs is 1. The second-order valence-electron chi connectivity index (χ2n) is 4.86. The normalized spacial score (nSPS) is 27.1. The predicted molar refractivity (Wildman–Crippen MR) is 69.2 cm³/mol. The fourth-order valence-electron chi connectivity index (χ4n) is 3.00. The van der Waals surface area contributed by atoms with Crippen LogP contribution in [0.1, 0.15) is 24.0 Å². The molecule has 17 heavy (non-hydrogen) atoms. The number of rotatable bonds is 1. The van der Waals surface area contributed by atoms with Gasteiger partial charge < -0.3 is 5.32 Å². The second-order valence-corrected chi connectivity index (χ2v) is 4.86. The number of hydrogen-bond acceptors (Lipinski definition) is 2. The van der Waals surface area contributed by atoms with Crippen LogP contribution in [0.25, 0.3) is 5.57 Å². The van der Waals surface area contributed by atoms with Crippen LogP contribution in [-0.2, 0) is 0 Å². The van der Waals surface area contributed by atoms with E-state index in [0.29, 0.717) is 5.92 Å². The SMILES string of the molecule is C#Cc1cncc(C2=CC[C@H]3CCNC[C@@H]23)c1. The fraction of sp³-hybridized carbons (Fsp3) is 0.400. The summed E-state index contributed by atoms with van der Waals surface area (Å²) in [6.07, 6.45) is 14.0. The Balaban J connectivity index is 1.91. The van der Waals surface area contributed by atoms with Crippen molar-refractivity contribution >= 4 is 5.57 Å². The topological polar surface area (TPSA) is 24.9 Å². The highest BCUT2D eigenvalue weighted by Crippen LogP contribution is 2.40. The Morgan fingerprint density at radius 3 is 3.24 bits per heavy atom. The number of pyridine rings is 1. The lowest BCUT2D eigenvalue weighted by Crippen LogP contribution is -2.34. The van der Waals surface area contributed by atoms with Crippen molar-refractivity contribution in [2.75, 3.05) is 13.1 Å². The Kier molecular flexibility index (Phi) is 2.70. The number of nitrogens with zero attached hydrogens (tertiary/aromatic N) is 1. The summed E-state index contributed by atoms with van der Waals surface area (Å²) < 4.78 is 0. The first-order valence-electron chi connectivity index (χ1n) is 6.21. The van der Waals surface area contributed by atoms with E-state index < -0.39 is 0 Å². The van der Waals surface area contributed by atoms with Gasteiger partial charge in [0.2, 0.25) is 0 Å². The molecule has 0 unspecified atom stereocenters. The van der Waals surface area contributed by atoms with Crippen LogP contribution in [-0.4, -0.2) is 18.1 Å². The quantitative estimate of drug-likeness (QED) is 0.739. The van der Waals surface area contributed by atoms with E-state index in [4.69, 9.17) is 6.42 Å². The van der Waals surface area contributed by atoms with Crippen LogP contribution < -0.4 is 5.32 Å². The maximum absolute atomic E-state index is 5.43. The molecule has 2 nitrogen and oxygen atoms in total. The van der Waals surface area contributed by atoms with E-state index in [0.717, 1.165) is 24.6 Å². The van der Waals surface area contributed by atoms with Gasteiger partial charge in [-0.3, -0.25) is 4.98 Å². The van der Waals surface area contributed by atoms with Crippen LogP contribution in [0.5, 0.6) is 0 Å². The van der Waals surface area contributed by atoms with E-state index in [1.54, 1.807) is 6.20 Å². The zero-order chi connectivity index (χ0) is 11.7. The van der Waals surface area contributed by atoms with Gasteiger partial charge in [-0.1, -0.05) is 12.0 Å². The molecule has 1 N–H and O–H groups in total. The summed E-state index contributed by atoms with van der Waals surface area (Å²) >= 11 is 0. The van der Waals surface area contributed by atoms with Gasteiger partial charge in [0, 0.05) is 24.5 Å². The molecule has 1 aliphatic heterocycles. The van der Waals surface area contributed by atoms with E-state index >= 15 is 0 Å². The molecule has 1 aromatic heterocycles. The average Bonchev–Trinajstić information content (AvgIpc) is 2.82. The maximum Gasteiger partial charge on any atom is 0.0432 e.